The van der Waals surface area contributed by atoms with Crippen molar-refractivity contribution in [2.75, 3.05) is 5.75 Å². The summed E-state index contributed by atoms with van der Waals surface area (Å²) in [5, 5.41) is 6.52. The Morgan fingerprint density at radius 1 is 1.53 bits per heavy atom. The van der Waals surface area contributed by atoms with E-state index in [1.807, 2.05) is 23.5 Å². The van der Waals surface area contributed by atoms with Crippen molar-refractivity contribution in [1.29, 1.82) is 0 Å². The fourth-order valence-electron chi connectivity index (χ4n) is 2.87. The highest BCUT2D eigenvalue weighted by atomic mass is 32.2. The quantitative estimate of drug-likeness (QED) is 0.661. The van der Waals surface area contributed by atoms with Crippen molar-refractivity contribution in [2.24, 2.45) is 12.9 Å². The van der Waals surface area contributed by atoms with E-state index in [2.05, 4.69) is 34.8 Å². The molecule has 0 amide bonds. The molecule has 2 atom stereocenters. The lowest BCUT2D eigenvalue weighted by Gasteiger charge is -2.21. The van der Waals surface area contributed by atoms with Gasteiger partial charge in [-0.2, -0.15) is 16.9 Å². The summed E-state index contributed by atoms with van der Waals surface area (Å²) in [7, 11) is 2.00. The van der Waals surface area contributed by atoms with Crippen LogP contribution >= 0.6 is 11.8 Å². The Morgan fingerprint density at radius 2 is 2.37 bits per heavy atom. The van der Waals surface area contributed by atoms with E-state index in [0.717, 1.165) is 12.1 Å². The van der Waals surface area contributed by atoms with Crippen molar-refractivity contribution in [1.82, 2.24) is 15.2 Å². The van der Waals surface area contributed by atoms with Crippen LogP contribution in [0.1, 0.15) is 18.5 Å². The molecule has 0 radical (unpaired) electrons. The fourth-order valence-corrected chi connectivity index (χ4v) is 4.24. The minimum absolute atomic E-state index is 0.311. The number of rotatable bonds is 4. The number of nitrogens with zero attached hydrogens (tertiary/aromatic N) is 2. The van der Waals surface area contributed by atoms with Crippen LogP contribution < -0.4 is 11.3 Å². The second-order valence-corrected chi connectivity index (χ2v) is 6.46. The third kappa shape index (κ3) is 2.50. The Hall–Kier alpha value is -1.04. The molecule has 1 aliphatic heterocycles. The van der Waals surface area contributed by atoms with Gasteiger partial charge in [-0.15, -0.1) is 0 Å². The summed E-state index contributed by atoms with van der Waals surface area (Å²) in [6.45, 7) is 0. The average Bonchev–Trinajstić information content (AvgIpc) is 3.06. The number of nitrogens with two attached hydrogens (primary N) is 1. The van der Waals surface area contributed by atoms with E-state index in [0.29, 0.717) is 11.3 Å². The molecule has 3 rings (SSSR count). The number of hydrogen-bond donors (Lipinski definition) is 2. The molecule has 0 aliphatic carbocycles. The molecule has 19 heavy (non-hydrogen) atoms. The van der Waals surface area contributed by atoms with Crippen LogP contribution in [0.4, 0.5) is 0 Å². The molecule has 4 nitrogen and oxygen atoms in total. The molecule has 0 spiro atoms. The first-order valence-electron chi connectivity index (χ1n) is 6.78. The van der Waals surface area contributed by atoms with Crippen molar-refractivity contribution in [2.45, 2.75) is 30.6 Å². The summed E-state index contributed by atoms with van der Waals surface area (Å²) < 4.78 is 1.96. The van der Waals surface area contributed by atoms with Gasteiger partial charge in [-0.25, -0.2) is 0 Å². The molecule has 1 aromatic heterocycles. The van der Waals surface area contributed by atoms with Gasteiger partial charge < -0.3 is 0 Å². The SMILES string of the molecule is Cn1nc(CC(NN)C2CCCS2)c2ccccc21. The van der Waals surface area contributed by atoms with Crippen molar-refractivity contribution in [3.8, 4) is 0 Å². The summed E-state index contributed by atoms with van der Waals surface area (Å²) in [6, 6.07) is 8.70. The third-order valence-electron chi connectivity index (χ3n) is 3.88. The molecule has 1 aromatic carbocycles. The molecule has 1 aliphatic rings. The first-order valence-corrected chi connectivity index (χ1v) is 7.83. The molecule has 102 valence electrons. The Kier molecular flexibility index (Phi) is 3.77. The van der Waals surface area contributed by atoms with E-state index in [-0.39, 0.29) is 0 Å². The number of nitrogens with one attached hydrogen (secondary N) is 1. The van der Waals surface area contributed by atoms with Gasteiger partial charge in [0, 0.05) is 30.1 Å². The largest absolute Gasteiger partial charge is 0.271 e. The highest BCUT2D eigenvalue weighted by molar-refractivity contribution is 8.00. The summed E-state index contributed by atoms with van der Waals surface area (Å²) in [5.41, 5.74) is 5.33. The number of para-hydroxylation sites is 1. The van der Waals surface area contributed by atoms with Crippen molar-refractivity contribution >= 4 is 22.7 Å². The maximum atomic E-state index is 5.75. The van der Waals surface area contributed by atoms with Crippen LogP contribution in [0.2, 0.25) is 0 Å². The molecule has 2 aromatic rings. The zero-order valence-corrected chi connectivity index (χ0v) is 12.0. The monoisotopic (exact) mass is 276 g/mol. The van der Waals surface area contributed by atoms with Gasteiger partial charge in [0.25, 0.3) is 0 Å². The van der Waals surface area contributed by atoms with E-state index in [9.17, 15) is 0 Å². The zero-order valence-electron chi connectivity index (χ0n) is 11.2. The molecule has 5 heteroatoms. The number of hydrogen-bond acceptors (Lipinski definition) is 4. The average molecular weight is 276 g/mol. The van der Waals surface area contributed by atoms with Gasteiger partial charge in [0.05, 0.1) is 11.2 Å². The van der Waals surface area contributed by atoms with Crippen LogP contribution in [0.5, 0.6) is 0 Å². The topological polar surface area (TPSA) is 55.9 Å². The van der Waals surface area contributed by atoms with Gasteiger partial charge in [0.1, 0.15) is 0 Å². The smallest absolute Gasteiger partial charge is 0.0719 e. The Bertz CT molecular complexity index is 560. The molecule has 1 fully saturated rings. The molecule has 2 heterocycles. The predicted octanol–water partition coefficient (Wildman–Crippen LogP) is 1.84. The standard InChI is InChI=1S/C14H20N4S/c1-18-13-6-3-2-5-10(13)11(17-18)9-12(16-15)14-7-4-8-19-14/h2-3,5-6,12,14,16H,4,7-9,15H2,1H3. The lowest BCUT2D eigenvalue weighted by atomic mass is 10.0. The molecule has 0 saturated carbocycles. The number of fused-ring (bicyclic) bond motifs is 1. The molecule has 0 bridgehead atoms. The lowest BCUT2D eigenvalue weighted by molar-refractivity contribution is 0.490. The highest BCUT2D eigenvalue weighted by Gasteiger charge is 2.26. The van der Waals surface area contributed by atoms with Crippen LogP contribution in [0.15, 0.2) is 24.3 Å². The van der Waals surface area contributed by atoms with Crippen LogP contribution in [0.25, 0.3) is 10.9 Å². The number of aromatic nitrogens is 2. The van der Waals surface area contributed by atoms with Crippen molar-refractivity contribution in [3.05, 3.63) is 30.0 Å². The number of thioether (sulfide) groups is 1. The third-order valence-corrected chi connectivity index (χ3v) is 5.39. The molecular weight excluding hydrogens is 256 g/mol. The first-order chi connectivity index (χ1) is 9.29. The van der Waals surface area contributed by atoms with Gasteiger partial charge in [0.15, 0.2) is 0 Å². The lowest BCUT2D eigenvalue weighted by Crippen LogP contribution is -2.43. The fraction of sp³-hybridized carbons (Fsp3) is 0.500. The number of aryl methyl sites for hydroxylation is 1. The highest BCUT2D eigenvalue weighted by Crippen LogP contribution is 2.30. The van der Waals surface area contributed by atoms with Gasteiger partial charge in [0.2, 0.25) is 0 Å². The van der Waals surface area contributed by atoms with E-state index in [1.165, 1.54) is 29.5 Å². The molecule has 3 N–H and O–H groups in total. The summed E-state index contributed by atoms with van der Waals surface area (Å²) in [5.74, 6) is 7.01. The molecule has 2 unspecified atom stereocenters. The van der Waals surface area contributed by atoms with Crippen LogP contribution in [0.3, 0.4) is 0 Å². The number of benzene rings is 1. The maximum absolute atomic E-state index is 5.75. The Morgan fingerprint density at radius 3 is 3.11 bits per heavy atom. The van der Waals surface area contributed by atoms with Crippen LogP contribution in [0, 0.1) is 0 Å². The van der Waals surface area contributed by atoms with Gasteiger partial charge in [-0.05, 0) is 24.7 Å². The van der Waals surface area contributed by atoms with Gasteiger partial charge in [-0.1, -0.05) is 18.2 Å². The Labute approximate surface area is 117 Å². The summed E-state index contributed by atoms with van der Waals surface area (Å²) in [6.07, 6.45) is 3.45. The maximum Gasteiger partial charge on any atom is 0.0719 e. The minimum atomic E-state index is 0.311. The van der Waals surface area contributed by atoms with E-state index >= 15 is 0 Å². The zero-order chi connectivity index (χ0) is 13.2. The second kappa shape index (κ2) is 5.53. The van der Waals surface area contributed by atoms with Gasteiger partial charge >= 0.3 is 0 Å². The predicted molar refractivity (Wildman–Crippen MR) is 81.0 cm³/mol. The summed E-state index contributed by atoms with van der Waals surface area (Å²) in [4.78, 5) is 0. The Balaban J connectivity index is 1.87. The number of hydrazine groups is 1. The van der Waals surface area contributed by atoms with Crippen molar-refractivity contribution in [3.63, 3.8) is 0 Å². The van der Waals surface area contributed by atoms with E-state index in [1.54, 1.807) is 0 Å². The van der Waals surface area contributed by atoms with E-state index in [4.69, 9.17) is 5.84 Å². The molecule has 1 saturated heterocycles. The van der Waals surface area contributed by atoms with Crippen molar-refractivity contribution < 1.29 is 0 Å². The second-order valence-electron chi connectivity index (χ2n) is 5.12. The first kappa shape index (κ1) is 13.0. The minimum Gasteiger partial charge on any atom is -0.271 e. The van der Waals surface area contributed by atoms with E-state index < -0.39 is 0 Å². The van der Waals surface area contributed by atoms with Crippen LogP contribution in [-0.4, -0.2) is 26.8 Å². The summed E-state index contributed by atoms with van der Waals surface area (Å²) >= 11 is 2.03. The molecular formula is C14H20N4S. The normalized spacial score (nSPS) is 21.1. The van der Waals surface area contributed by atoms with Gasteiger partial charge in [-0.3, -0.25) is 16.0 Å². The van der Waals surface area contributed by atoms with Crippen LogP contribution in [-0.2, 0) is 13.5 Å².